The Labute approximate surface area is 137 Å². The second-order valence-corrected chi connectivity index (χ2v) is 8.23. The van der Waals surface area contributed by atoms with E-state index in [1.54, 1.807) is 4.90 Å². The van der Waals surface area contributed by atoms with Gasteiger partial charge in [-0.2, -0.15) is 4.31 Å². The Balaban J connectivity index is 1.64. The van der Waals surface area contributed by atoms with E-state index in [9.17, 15) is 13.2 Å². The fraction of sp³-hybridized carbons (Fsp3) is 0.562. The molecular formula is C16H22N2O4S. The number of sulfonamides is 1. The van der Waals surface area contributed by atoms with Crippen molar-refractivity contribution in [3.05, 3.63) is 35.9 Å². The third kappa shape index (κ3) is 3.91. The Morgan fingerprint density at radius 1 is 1.22 bits per heavy atom. The van der Waals surface area contributed by atoms with Crippen LogP contribution < -0.4 is 0 Å². The second kappa shape index (κ2) is 6.59. The number of carbonyl (C=O) groups is 1. The Morgan fingerprint density at radius 3 is 2.65 bits per heavy atom. The molecule has 0 radical (unpaired) electrons. The number of ether oxygens (including phenoxy) is 1. The van der Waals surface area contributed by atoms with Gasteiger partial charge in [0.15, 0.2) is 0 Å². The Bertz CT molecular complexity index is 662. The molecule has 2 fully saturated rings. The summed E-state index contributed by atoms with van der Waals surface area (Å²) < 4.78 is 30.8. The van der Waals surface area contributed by atoms with Crippen molar-refractivity contribution < 1.29 is 17.9 Å². The number of benzene rings is 1. The molecule has 1 aromatic rings. The van der Waals surface area contributed by atoms with E-state index in [0.29, 0.717) is 39.2 Å². The van der Waals surface area contributed by atoms with E-state index in [2.05, 4.69) is 0 Å². The third-order valence-electron chi connectivity index (χ3n) is 4.51. The van der Waals surface area contributed by atoms with Crippen LogP contribution >= 0.6 is 0 Å². The van der Waals surface area contributed by atoms with Gasteiger partial charge >= 0.3 is 0 Å². The first-order chi connectivity index (χ1) is 10.9. The first kappa shape index (κ1) is 16.4. The highest BCUT2D eigenvalue weighted by atomic mass is 32.2. The van der Waals surface area contributed by atoms with E-state index in [1.807, 2.05) is 30.3 Å². The molecule has 0 spiro atoms. The predicted molar refractivity (Wildman–Crippen MR) is 86.4 cm³/mol. The van der Waals surface area contributed by atoms with Crippen molar-refractivity contribution in [2.75, 3.05) is 39.0 Å². The number of carbonyl (C=O) groups excluding carboxylic acids is 1. The first-order valence-electron chi connectivity index (χ1n) is 7.82. The molecule has 1 aromatic carbocycles. The molecule has 2 aliphatic heterocycles. The summed E-state index contributed by atoms with van der Waals surface area (Å²) in [5.41, 5.74) is 0.989. The smallest absolute Gasteiger partial charge is 0.227 e. The van der Waals surface area contributed by atoms with Crippen LogP contribution in [0.1, 0.15) is 5.56 Å². The van der Waals surface area contributed by atoms with Gasteiger partial charge in [-0.3, -0.25) is 4.79 Å². The zero-order valence-electron chi connectivity index (χ0n) is 13.2. The zero-order chi connectivity index (χ0) is 16.4. The Kier molecular flexibility index (Phi) is 4.70. The summed E-state index contributed by atoms with van der Waals surface area (Å²) in [5, 5.41) is 0. The summed E-state index contributed by atoms with van der Waals surface area (Å²) in [6.45, 7) is 2.31. The van der Waals surface area contributed by atoms with Crippen molar-refractivity contribution in [1.29, 1.82) is 0 Å². The highest BCUT2D eigenvalue weighted by molar-refractivity contribution is 7.88. The average Bonchev–Trinajstić information content (AvgIpc) is 2.79. The summed E-state index contributed by atoms with van der Waals surface area (Å²) >= 11 is 0. The molecule has 0 aromatic heterocycles. The van der Waals surface area contributed by atoms with Crippen LogP contribution in [0.5, 0.6) is 0 Å². The maximum absolute atomic E-state index is 12.5. The van der Waals surface area contributed by atoms with Gasteiger partial charge in [0.2, 0.25) is 15.9 Å². The van der Waals surface area contributed by atoms with Gasteiger partial charge in [-0.1, -0.05) is 30.3 Å². The molecule has 2 aliphatic rings. The molecule has 2 atom stereocenters. The highest BCUT2D eigenvalue weighted by Crippen LogP contribution is 2.25. The third-order valence-corrected chi connectivity index (χ3v) is 5.78. The molecule has 0 saturated carbocycles. The molecule has 23 heavy (non-hydrogen) atoms. The SMILES string of the molecule is CS(=O)(=O)N1CCO[C@@H]2CN(C(=O)Cc3ccccc3)C[C@@H]2C1. The largest absolute Gasteiger partial charge is 0.375 e. The molecule has 126 valence electrons. The lowest BCUT2D eigenvalue weighted by Gasteiger charge is -2.21. The van der Waals surface area contributed by atoms with Gasteiger partial charge < -0.3 is 9.64 Å². The number of amides is 1. The van der Waals surface area contributed by atoms with Crippen molar-refractivity contribution in [3.63, 3.8) is 0 Å². The summed E-state index contributed by atoms with van der Waals surface area (Å²) in [6, 6.07) is 9.64. The average molecular weight is 338 g/mol. The van der Waals surface area contributed by atoms with Crippen molar-refractivity contribution >= 4 is 15.9 Å². The summed E-state index contributed by atoms with van der Waals surface area (Å²) in [5.74, 6) is 0.116. The number of hydrogen-bond donors (Lipinski definition) is 0. The van der Waals surface area contributed by atoms with Gasteiger partial charge in [-0.15, -0.1) is 0 Å². The van der Waals surface area contributed by atoms with Crippen LogP contribution in [0.25, 0.3) is 0 Å². The van der Waals surface area contributed by atoms with Gasteiger partial charge in [0.05, 0.1) is 25.4 Å². The quantitative estimate of drug-likeness (QED) is 0.797. The standard InChI is InChI=1S/C16H22N2O4S/c1-23(20,21)18-7-8-22-15-12-17(10-14(15)11-18)16(19)9-13-5-3-2-4-6-13/h2-6,14-15H,7-12H2,1H3/t14-,15-/m1/s1. The molecule has 0 unspecified atom stereocenters. The first-order valence-corrected chi connectivity index (χ1v) is 9.67. The van der Waals surface area contributed by atoms with Crippen LogP contribution in [0.15, 0.2) is 30.3 Å². The minimum atomic E-state index is -3.22. The summed E-state index contributed by atoms with van der Waals surface area (Å²) in [6.07, 6.45) is 1.53. The van der Waals surface area contributed by atoms with Gasteiger partial charge in [0.25, 0.3) is 0 Å². The fourth-order valence-corrected chi connectivity index (χ4v) is 4.12. The molecular weight excluding hydrogens is 316 g/mol. The number of nitrogens with zero attached hydrogens (tertiary/aromatic N) is 2. The van der Waals surface area contributed by atoms with E-state index in [0.717, 1.165) is 5.56 Å². The van der Waals surface area contributed by atoms with Crippen molar-refractivity contribution in [1.82, 2.24) is 9.21 Å². The predicted octanol–water partition coefficient (Wildman–Crippen LogP) is 0.348. The van der Waals surface area contributed by atoms with E-state index in [-0.39, 0.29) is 17.9 Å². The van der Waals surface area contributed by atoms with E-state index >= 15 is 0 Å². The molecule has 2 saturated heterocycles. The van der Waals surface area contributed by atoms with Gasteiger partial charge in [0, 0.05) is 32.1 Å². The van der Waals surface area contributed by atoms with Crippen LogP contribution in [0, 0.1) is 5.92 Å². The monoisotopic (exact) mass is 338 g/mol. The van der Waals surface area contributed by atoms with Crippen LogP contribution in [0.2, 0.25) is 0 Å². The number of fused-ring (bicyclic) bond motifs is 1. The van der Waals surface area contributed by atoms with Gasteiger partial charge in [-0.25, -0.2) is 8.42 Å². The lowest BCUT2D eigenvalue weighted by Crippen LogP contribution is -2.37. The highest BCUT2D eigenvalue weighted by Gasteiger charge is 2.39. The van der Waals surface area contributed by atoms with Crippen molar-refractivity contribution in [2.24, 2.45) is 5.92 Å². The van der Waals surface area contributed by atoms with Crippen LogP contribution in [-0.4, -0.2) is 68.7 Å². The molecule has 0 N–H and O–H groups in total. The minimum absolute atomic E-state index is 0.0481. The van der Waals surface area contributed by atoms with Crippen molar-refractivity contribution in [2.45, 2.75) is 12.5 Å². The molecule has 6 nitrogen and oxygen atoms in total. The van der Waals surface area contributed by atoms with Gasteiger partial charge in [-0.05, 0) is 5.56 Å². The maximum atomic E-state index is 12.5. The van der Waals surface area contributed by atoms with E-state index < -0.39 is 10.0 Å². The fourth-order valence-electron chi connectivity index (χ4n) is 3.25. The maximum Gasteiger partial charge on any atom is 0.227 e. The lowest BCUT2D eigenvalue weighted by atomic mass is 10.1. The lowest BCUT2D eigenvalue weighted by molar-refractivity contribution is -0.130. The topological polar surface area (TPSA) is 66.9 Å². The number of hydrogen-bond acceptors (Lipinski definition) is 4. The van der Waals surface area contributed by atoms with E-state index in [4.69, 9.17) is 4.74 Å². The van der Waals surface area contributed by atoms with Crippen LogP contribution in [0.4, 0.5) is 0 Å². The van der Waals surface area contributed by atoms with Crippen LogP contribution in [0.3, 0.4) is 0 Å². The minimum Gasteiger partial charge on any atom is -0.375 e. The Morgan fingerprint density at radius 2 is 1.96 bits per heavy atom. The van der Waals surface area contributed by atoms with Gasteiger partial charge in [0.1, 0.15) is 0 Å². The van der Waals surface area contributed by atoms with E-state index in [1.165, 1.54) is 10.6 Å². The summed E-state index contributed by atoms with van der Waals surface area (Å²) in [7, 11) is -3.22. The normalized spacial score (nSPS) is 25.9. The number of likely N-dealkylation sites (tertiary alicyclic amines) is 1. The molecule has 0 bridgehead atoms. The molecule has 2 heterocycles. The van der Waals surface area contributed by atoms with Crippen LogP contribution in [-0.2, 0) is 26.0 Å². The molecule has 3 rings (SSSR count). The summed E-state index contributed by atoms with van der Waals surface area (Å²) in [4.78, 5) is 14.3. The van der Waals surface area contributed by atoms with Crippen molar-refractivity contribution in [3.8, 4) is 0 Å². The Hall–Kier alpha value is -1.44. The molecule has 0 aliphatic carbocycles. The molecule has 7 heteroatoms. The molecule has 1 amide bonds. The second-order valence-electron chi connectivity index (χ2n) is 6.25. The zero-order valence-corrected chi connectivity index (χ0v) is 14.0. The number of rotatable bonds is 3.